The maximum Gasteiger partial charge on any atom is 0.500 e. The van der Waals surface area contributed by atoms with Crippen LogP contribution in [-0.4, -0.2) is 35.7 Å². The molecule has 1 unspecified atom stereocenters. The molecule has 2 N–H and O–H groups in total. The fraction of sp³-hybridized carbons (Fsp3) is 1.00. The fourth-order valence-corrected chi connectivity index (χ4v) is 5.99. The average Bonchev–Trinajstić information content (AvgIpc) is 2.70. The van der Waals surface area contributed by atoms with E-state index in [1.54, 1.807) is 21.3 Å². The van der Waals surface area contributed by atoms with Crippen molar-refractivity contribution in [1.29, 1.82) is 0 Å². The van der Waals surface area contributed by atoms with Crippen LogP contribution in [0.1, 0.15) is 117 Å². The van der Waals surface area contributed by atoms with Crippen LogP contribution in [0.25, 0.3) is 0 Å². The van der Waals surface area contributed by atoms with Gasteiger partial charge in [0.15, 0.2) is 0 Å². The summed E-state index contributed by atoms with van der Waals surface area (Å²) in [6.07, 6.45) is 20.1. The van der Waals surface area contributed by atoms with E-state index in [0.29, 0.717) is 5.92 Å². The second-order valence-electron chi connectivity index (χ2n) is 9.38. The van der Waals surface area contributed by atoms with Crippen LogP contribution in [0.2, 0.25) is 6.04 Å². The topological polar surface area (TPSA) is 53.7 Å². The first-order valence-corrected chi connectivity index (χ1v) is 14.2. The number of hydrogen-bond acceptors (Lipinski definition) is 4. The lowest BCUT2D eigenvalue weighted by molar-refractivity contribution is 0.121. The lowest BCUT2D eigenvalue weighted by Gasteiger charge is -2.32. The van der Waals surface area contributed by atoms with Crippen molar-refractivity contribution in [3.05, 3.63) is 0 Å². The second kappa shape index (κ2) is 17.7. The van der Waals surface area contributed by atoms with Crippen molar-refractivity contribution in [3.63, 3.8) is 0 Å². The fourth-order valence-electron chi connectivity index (χ4n) is 4.24. The van der Waals surface area contributed by atoms with E-state index in [4.69, 9.17) is 19.0 Å². The number of unbranched alkanes of at least 4 members (excludes halogenated alkanes) is 11. The van der Waals surface area contributed by atoms with Crippen molar-refractivity contribution in [1.82, 2.24) is 0 Å². The largest absolute Gasteiger partial charge is 0.500 e. The molecule has 0 aliphatic heterocycles. The van der Waals surface area contributed by atoms with Gasteiger partial charge in [0.25, 0.3) is 0 Å². The summed E-state index contributed by atoms with van der Waals surface area (Å²) in [4.78, 5) is 0. The van der Waals surface area contributed by atoms with Crippen LogP contribution < -0.4 is 5.73 Å². The summed E-state index contributed by atoms with van der Waals surface area (Å²) in [5, 5.41) is 0. The van der Waals surface area contributed by atoms with Crippen molar-refractivity contribution in [3.8, 4) is 0 Å². The molecule has 0 saturated heterocycles. The molecule has 0 aliphatic carbocycles. The number of nitrogens with two attached hydrogens (primary N) is 1. The van der Waals surface area contributed by atoms with Gasteiger partial charge in [-0.25, -0.2) is 0 Å². The monoisotopic (exact) mass is 431 g/mol. The molecule has 0 fully saturated rings. The lowest BCUT2D eigenvalue weighted by Crippen LogP contribution is -2.44. The minimum absolute atomic E-state index is 0.130. The molecule has 0 aliphatic rings. The van der Waals surface area contributed by atoms with Crippen molar-refractivity contribution >= 4 is 8.80 Å². The third-order valence-electron chi connectivity index (χ3n) is 6.43. The van der Waals surface area contributed by atoms with Crippen LogP contribution >= 0.6 is 0 Å². The van der Waals surface area contributed by atoms with Crippen LogP contribution in [0, 0.1) is 5.92 Å². The van der Waals surface area contributed by atoms with E-state index < -0.39 is 8.80 Å². The Kier molecular flexibility index (Phi) is 17.7. The molecular weight excluding hydrogens is 378 g/mol. The number of hydrogen-bond donors (Lipinski definition) is 1. The molecule has 0 heterocycles. The smallest absolute Gasteiger partial charge is 0.377 e. The Labute approximate surface area is 184 Å². The summed E-state index contributed by atoms with van der Waals surface area (Å²) in [5.74, 6) is 0.544. The van der Waals surface area contributed by atoms with Gasteiger partial charge < -0.3 is 19.0 Å². The minimum atomic E-state index is -2.45. The van der Waals surface area contributed by atoms with Gasteiger partial charge in [0.2, 0.25) is 0 Å². The summed E-state index contributed by atoms with van der Waals surface area (Å²) in [6.45, 7) is 6.63. The van der Waals surface area contributed by atoms with Gasteiger partial charge in [-0.05, 0) is 39.0 Å². The summed E-state index contributed by atoms with van der Waals surface area (Å²) in [7, 11) is 2.62. The first-order chi connectivity index (χ1) is 13.8. The second-order valence-corrected chi connectivity index (χ2v) is 12.5. The van der Waals surface area contributed by atoms with E-state index in [-0.39, 0.29) is 5.54 Å². The summed E-state index contributed by atoms with van der Waals surface area (Å²) >= 11 is 0. The third kappa shape index (κ3) is 14.7. The molecule has 4 nitrogen and oxygen atoms in total. The van der Waals surface area contributed by atoms with Crippen LogP contribution in [-0.2, 0) is 13.3 Å². The average molecular weight is 432 g/mol. The Morgan fingerprint density at radius 3 is 1.41 bits per heavy atom. The highest BCUT2D eigenvalue weighted by Gasteiger charge is 2.37. The van der Waals surface area contributed by atoms with Crippen LogP contribution in [0.4, 0.5) is 0 Å². The molecule has 0 aromatic heterocycles. The zero-order chi connectivity index (χ0) is 22.0. The van der Waals surface area contributed by atoms with Gasteiger partial charge in [0.05, 0.1) is 0 Å². The van der Waals surface area contributed by atoms with Gasteiger partial charge in [-0.1, -0.05) is 84.0 Å². The first kappa shape index (κ1) is 29.1. The highest BCUT2D eigenvalue weighted by Crippen LogP contribution is 2.28. The van der Waals surface area contributed by atoms with Crippen molar-refractivity contribution in [2.24, 2.45) is 11.7 Å². The third-order valence-corrected chi connectivity index (χ3v) is 9.26. The molecule has 0 amide bonds. The maximum absolute atomic E-state index is 6.48. The zero-order valence-corrected chi connectivity index (χ0v) is 21.7. The molecule has 0 spiro atoms. The molecule has 0 saturated carbocycles. The highest BCUT2D eigenvalue weighted by atomic mass is 28.4. The van der Waals surface area contributed by atoms with E-state index in [0.717, 1.165) is 18.9 Å². The Morgan fingerprint density at radius 2 is 1.03 bits per heavy atom. The maximum atomic E-state index is 6.48. The zero-order valence-electron chi connectivity index (χ0n) is 20.7. The van der Waals surface area contributed by atoms with Crippen LogP contribution in [0.5, 0.6) is 0 Å². The summed E-state index contributed by atoms with van der Waals surface area (Å²) in [6, 6.07) is 0.863. The van der Waals surface area contributed by atoms with Crippen molar-refractivity contribution in [2.75, 3.05) is 21.3 Å². The molecule has 0 radical (unpaired) electrons. The van der Waals surface area contributed by atoms with Gasteiger partial charge in [-0.3, -0.25) is 0 Å². The Hall–Kier alpha value is 0.0569. The van der Waals surface area contributed by atoms with E-state index in [1.807, 2.05) is 0 Å². The van der Waals surface area contributed by atoms with E-state index in [9.17, 15) is 0 Å². The molecule has 5 heteroatoms. The van der Waals surface area contributed by atoms with Gasteiger partial charge in [-0.15, -0.1) is 0 Å². The number of rotatable bonds is 21. The Balaban J connectivity index is 3.89. The molecule has 176 valence electrons. The summed E-state index contributed by atoms with van der Waals surface area (Å²) < 4.78 is 16.6. The van der Waals surface area contributed by atoms with Gasteiger partial charge in [0.1, 0.15) is 0 Å². The molecule has 29 heavy (non-hydrogen) atoms. The first-order valence-electron chi connectivity index (χ1n) is 12.3. The lowest BCUT2D eigenvalue weighted by atomic mass is 9.81. The van der Waals surface area contributed by atoms with Gasteiger partial charge >= 0.3 is 8.80 Å². The van der Waals surface area contributed by atoms with Crippen molar-refractivity contribution < 1.29 is 13.3 Å². The summed E-state index contributed by atoms with van der Waals surface area (Å²) in [5.41, 5.74) is 6.35. The molecule has 0 rings (SSSR count). The molecule has 1 atom stereocenters. The Morgan fingerprint density at radius 1 is 0.655 bits per heavy atom. The predicted octanol–water partition coefficient (Wildman–Crippen LogP) is 7.09. The van der Waals surface area contributed by atoms with E-state index in [1.165, 1.54) is 83.5 Å². The van der Waals surface area contributed by atoms with Crippen LogP contribution in [0.3, 0.4) is 0 Å². The molecule has 0 aromatic rings. The van der Waals surface area contributed by atoms with Gasteiger partial charge in [-0.2, -0.15) is 0 Å². The standard InChI is InChI=1S/C24H53NO3Si/c1-7-8-9-10-11-12-13-14-15-16-17-18-20-23(24(2,3)25)21-19-22-29(26-4,27-5)28-6/h23H,7-22,25H2,1-6H3. The minimum Gasteiger partial charge on any atom is -0.377 e. The van der Waals surface area contributed by atoms with Gasteiger partial charge in [0, 0.05) is 32.9 Å². The normalized spacial score (nSPS) is 13.8. The SMILES string of the molecule is CCCCCCCCCCCCCCC(CCC[Si](OC)(OC)OC)C(C)(C)N. The molecular formula is C24H53NO3Si. The Bertz CT molecular complexity index is 348. The van der Waals surface area contributed by atoms with Crippen LogP contribution in [0.15, 0.2) is 0 Å². The van der Waals surface area contributed by atoms with E-state index >= 15 is 0 Å². The highest BCUT2D eigenvalue weighted by molar-refractivity contribution is 6.60. The quantitative estimate of drug-likeness (QED) is 0.156. The van der Waals surface area contributed by atoms with E-state index in [2.05, 4.69) is 20.8 Å². The van der Waals surface area contributed by atoms with Crippen molar-refractivity contribution in [2.45, 2.75) is 129 Å². The molecule has 0 bridgehead atoms. The predicted molar refractivity (Wildman–Crippen MR) is 128 cm³/mol. The molecule has 0 aromatic carbocycles.